The number of para-hydroxylation sites is 1. The summed E-state index contributed by atoms with van der Waals surface area (Å²) in [6.07, 6.45) is 8.85. The fourth-order valence-electron chi connectivity index (χ4n) is 5.65. The number of nitrogens with zero attached hydrogens (tertiary/aromatic N) is 5. The topological polar surface area (TPSA) is 86.3 Å². The van der Waals surface area contributed by atoms with E-state index in [2.05, 4.69) is 24.6 Å². The molecule has 0 spiro atoms. The van der Waals surface area contributed by atoms with Crippen molar-refractivity contribution in [3.05, 3.63) is 96.3 Å². The van der Waals surface area contributed by atoms with E-state index in [0.717, 1.165) is 84.7 Å². The molecule has 1 aliphatic heterocycles. The summed E-state index contributed by atoms with van der Waals surface area (Å²) in [6, 6.07) is 19.7. The lowest BCUT2D eigenvalue weighted by atomic mass is 9.96. The minimum atomic E-state index is 0.123. The van der Waals surface area contributed by atoms with E-state index in [4.69, 9.17) is 9.26 Å². The minimum absolute atomic E-state index is 0.123. The molecule has 1 aliphatic rings. The second-order valence-corrected chi connectivity index (χ2v) is 10.3. The molecule has 3 aromatic heterocycles. The first kappa shape index (κ1) is 26.0. The Morgan fingerprint density at radius 1 is 1.02 bits per heavy atom. The van der Waals surface area contributed by atoms with Crippen molar-refractivity contribution >= 4 is 16.7 Å². The smallest absolute Gasteiger partial charge is 0.230 e. The van der Waals surface area contributed by atoms with E-state index in [9.17, 15) is 4.79 Å². The van der Waals surface area contributed by atoms with Gasteiger partial charge in [-0.3, -0.25) is 9.78 Å². The highest BCUT2D eigenvalue weighted by Crippen LogP contribution is 2.32. The molecule has 0 aliphatic carbocycles. The standard InChI is InChI=1S/C32H33N5O3/c1-39-29-12-5-11-26-27(28(38)20-23-8-3-2-4-9-23)22-37(30(26)29)17-7-16-36-18-13-24(14-19-36)32-34-31(35-40-32)25-10-6-15-33-21-25/h2-6,8-12,15,21-22,24H,7,13-14,16-20H2,1H3. The molecule has 1 fully saturated rings. The summed E-state index contributed by atoms with van der Waals surface area (Å²) in [4.78, 5) is 24.6. The number of piperidine rings is 1. The van der Waals surface area contributed by atoms with Crippen molar-refractivity contribution < 1.29 is 14.1 Å². The van der Waals surface area contributed by atoms with Crippen LogP contribution in [0.2, 0.25) is 0 Å². The van der Waals surface area contributed by atoms with E-state index in [1.165, 1.54) is 0 Å². The Morgan fingerprint density at radius 3 is 2.65 bits per heavy atom. The maximum atomic E-state index is 13.3. The molecule has 0 unspecified atom stereocenters. The number of rotatable bonds is 10. The summed E-state index contributed by atoms with van der Waals surface area (Å²) in [6.45, 7) is 3.78. The van der Waals surface area contributed by atoms with Crippen molar-refractivity contribution in [1.82, 2.24) is 24.6 Å². The van der Waals surface area contributed by atoms with Gasteiger partial charge in [-0.1, -0.05) is 47.6 Å². The second kappa shape index (κ2) is 11.8. The molecular formula is C32H33N5O3. The average molecular weight is 536 g/mol. The van der Waals surface area contributed by atoms with Crippen LogP contribution in [0.1, 0.15) is 47.0 Å². The fourth-order valence-corrected chi connectivity index (χ4v) is 5.65. The number of carbonyl (C=O) groups is 1. The molecule has 204 valence electrons. The van der Waals surface area contributed by atoms with Crippen LogP contribution in [-0.2, 0) is 13.0 Å². The Balaban J connectivity index is 1.08. The van der Waals surface area contributed by atoms with Crippen molar-refractivity contribution in [3.8, 4) is 17.1 Å². The van der Waals surface area contributed by atoms with E-state index < -0.39 is 0 Å². The van der Waals surface area contributed by atoms with Gasteiger partial charge >= 0.3 is 0 Å². The quantitative estimate of drug-likeness (QED) is 0.209. The van der Waals surface area contributed by atoms with Gasteiger partial charge in [0, 0.05) is 54.0 Å². The van der Waals surface area contributed by atoms with Gasteiger partial charge in [-0.2, -0.15) is 4.98 Å². The molecule has 0 saturated carbocycles. The van der Waals surface area contributed by atoms with Crippen molar-refractivity contribution in [2.75, 3.05) is 26.7 Å². The molecule has 2 aromatic carbocycles. The van der Waals surface area contributed by atoms with Crippen LogP contribution in [0.3, 0.4) is 0 Å². The highest BCUT2D eigenvalue weighted by Gasteiger charge is 2.25. The average Bonchev–Trinajstić information content (AvgIpc) is 3.65. The summed E-state index contributed by atoms with van der Waals surface area (Å²) in [5.41, 5.74) is 3.63. The van der Waals surface area contributed by atoms with Gasteiger partial charge in [0.05, 0.1) is 12.6 Å². The summed E-state index contributed by atoms with van der Waals surface area (Å²) in [5, 5.41) is 5.11. The van der Waals surface area contributed by atoms with Gasteiger partial charge in [0.2, 0.25) is 11.7 Å². The third-order valence-corrected chi connectivity index (χ3v) is 7.76. The monoisotopic (exact) mass is 535 g/mol. The number of aryl methyl sites for hydroxylation is 1. The summed E-state index contributed by atoms with van der Waals surface area (Å²) >= 11 is 0. The number of carbonyl (C=O) groups excluding carboxylic acids is 1. The molecule has 0 radical (unpaired) electrons. The Hall–Kier alpha value is -4.30. The zero-order chi connectivity index (χ0) is 27.3. The first-order valence-electron chi connectivity index (χ1n) is 13.9. The number of hydrogen-bond acceptors (Lipinski definition) is 7. The lowest BCUT2D eigenvalue weighted by molar-refractivity contribution is 0.0994. The van der Waals surface area contributed by atoms with Crippen LogP contribution in [0.4, 0.5) is 0 Å². The number of fused-ring (bicyclic) bond motifs is 1. The number of ether oxygens (including phenoxy) is 1. The highest BCUT2D eigenvalue weighted by molar-refractivity contribution is 6.10. The molecule has 0 N–H and O–H groups in total. The van der Waals surface area contributed by atoms with Gasteiger partial charge in [0.15, 0.2) is 5.78 Å². The zero-order valence-corrected chi connectivity index (χ0v) is 22.7. The van der Waals surface area contributed by atoms with Crippen molar-refractivity contribution in [2.24, 2.45) is 0 Å². The van der Waals surface area contributed by atoms with Crippen LogP contribution in [0.25, 0.3) is 22.3 Å². The molecule has 8 heteroatoms. The lowest BCUT2D eigenvalue weighted by Gasteiger charge is -2.30. The fraction of sp³-hybridized carbons (Fsp3) is 0.312. The van der Waals surface area contributed by atoms with Gasteiger partial charge in [-0.25, -0.2) is 0 Å². The van der Waals surface area contributed by atoms with E-state index in [1.807, 2.05) is 66.9 Å². The minimum Gasteiger partial charge on any atom is -0.495 e. The second-order valence-electron chi connectivity index (χ2n) is 10.3. The highest BCUT2D eigenvalue weighted by atomic mass is 16.5. The van der Waals surface area contributed by atoms with Gasteiger partial charge in [-0.15, -0.1) is 0 Å². The number of ketones is 1. The third kappa shape index (κ3) is 5.53. The Labute approximate surface area is 233 Å². The summed E-state index contributed by atoms with van der Waals surface area (Å²) in [5.74, 6) is 2.52. The Bertz CT molecular complexity index is 1570. The van der Waals surface area contributed by atoms with Gasteiger partial charge in [0.1, 0.15) is 5.75 Å². The van der Waals surface area contributed by atoms with Gasteiger partial charge < -0.3 is 18.7 Å². The zero-order valence-electron chi connectivity index (χ0n) is 22.7. The van der Waals surface area contributed by atoms with Crippen LogP contribution in [0.15, 0.2) is 83.8 Å². The maximum absolute atomic E-state index is 13.3. The van der Waals surface area contributed by atoms with Crippen molar-refractivity contribution in [2.45, 2.75) is 38.1 Å². The molecule has 0 bridgehead atoms. The molecule has 0 atom stereocenters. The van der Waals surface area contributed by atoms with E-state index >= 15 is 0 Å². The molecule has 4 heterocycles. The molecule has 6 rings (SSSR count). The largest absolute Gasteiger partial charge is 0.495 e. The van der Waals surface area contributed by atoms with E-state index in [-0.39, 0.29) is 11.7 Å². The predicted octanol–water partition coefficient (Wildman–Crippen LogP) is 5.79. The van der Waals surface area contributed by atoms with Gasteiger partial charge in [-0.05, 0) is 62.7 Å². The first-order valence-corrected chi connectivity index (χ1v) is 13.9. The van der Waals surface area contributed by atoms with Crippen molar-refractivity contribution in [1.29, 1.82) is 0 Å². The van der Waals surface area contributed by atoms with Crippen LogP contribution < -0.4 is 4.74 Å². The molecule has 8 nitrogen and oxygen atoms in total. The lowest BCUT2D eigenvalue weighted by Crippen LogP contribution is -2.34. The first-order chi connectivity index (χ1) is 19.7. The van der Waals surface area contributed by atoms with Crippen molar-refractivity contribution in [3.63, 3.8) is 0 Å². The molecule has 0 amide bonds. The molecule has 1 saturated heterocycles. The third-order valence-electron chi connectivity index (χ3n) is 7.76. The predicted molar refractivity (Wildman–Crippen MR) is 154 cm³/mol. The molecule has 5 aromatic rings. The van der Waals surface area contributed by atoms with Gasteiger partial charge in [0.25, 0.3) is 0 Å². The SMILES string of the molecule is COc1cccc2c(C(=O)Cc3ccccc3)cn(CCCN3CCC(c4nc(-c5cccnc5)no4)CC3)c12. The number of benzene rings is 2. The number of methoxy groups -OCH3 is 1. The van der Waals surface area contributed by atoms with Crippen LogP contribution in [0.5, 0.6) is 5.75 Å². The summed E-state index contributed by atoms with van der Waals surface area (Å²) < 4.78 is 13.5. The normalized spacial score (nSPS) is 14.5. The number of pyridine rings is 1. The maximum Gasteiger partial charge on any atom is 0.230 e. The number of likely N-dealkylation sites (tertiary alicyclic amines) is 1. The van der Waals surface area contributed by atoms with E-state index in [0.29, 0.717) is 12.2 Å². The Morgan fingerprint density at radius 2 is 1.88 bits per heavy atom. The number of aromatic nitrogens is 4. The summed E-state index contributed by atoms with van der Waals surface area (Å²) in [7, 11) is 1.69. The van der Waals surface area contributed by atoms with Crippen LogP contribution in [-0.4, -0.2) is 57.1 Å². The number of Topliss-reactive ketones (excluding diaryl/α,β-unsaturated/α-hetero) is 1. The van der Waals surface area contributed by atoms with E-state index in [1.54, 1.807) is 19.5 Å². The number of hydrogen-bond donors (Lipinski definition) is 0. The molecular weight excluding hydrogens is 502 g/mol. The molecule has 40 heavy (non-hydrogen) atoms. The van der Waals surface area contributed by atoms with Crippen LogP contribution >= 0.6 is 0 Å². The van der Waals surface area contributed by atoms with Crippen LogP contribution in [0, 0.1) is 0 Å². The Kier molecular flexibility index (Phi) is 7.68.